The quantitative estimate of drug-likeness (QED) is 0.903. The first kappa shape index (κ1) is 12.9. The topological polar surface area (TPSA) is 24.5 Å². The molecule has 2 aliphatic heterocycles. The molecule has 2 saturated heterocycles. The molecule has 3 nitrogen and oxygen atoms in total. The summed E-state index contributed by atoms with van der Waals surface area (Å²) >= 11 is 0. The minimum Gasteiger partial charge on any atom is -0.497 e. The highest BCUT2D eigenvalue weighted by Gasteiger charge is 2.41. The van der Waals surface area contributed by atoms with Crippen molar-refractivity contribution in [1.82, 2.24) is 10.2 Å². The van der Waals surface area contributed by atoms with Crippen LogP contribution in [-0.2, 0) is 0 Å². The second-order valence-electron chi connectivity index (χ2n) is 6.10. The van der Waals surface area contributed by atoms with Crippen molar-refractivity contribution < 1.29 is 4.74 Å². The third-order valence-electron chi connectivity index (χ3n) is 4.92. The Labute approximate surface area is 115 Å². The molecule has 0 bridgehead atoms. The number of ether oxygens (including phenoxy) is 1. The van der Waals surface area contributed by atoms with Gasteiger partial charge in [-0.1, -0.05) is 12.1 Å². The Balaban J connectivity index is 1.72. The van der Waals surface area contributed by atoms with E-state index in [1.54, 1.807) is 7.11 Å². The van der Waals surface area contributed by atoms with Gasteiger partial charge in [0, 0.05) is 19.1 Å². The van der Waals surface area contributed by atoms with Crippen LogP contribution in [0.25, 0.3) is 0 Å². The van der Waals surface area contributed by atoms with E-state index in [1.807, 2.05) is 6.07 Å². The number of hydrogen-bond donors (Lipinski definition) is 1. The fourth-order valence-electron chi connectivity index (χ4n) is 3.56. The predicted molar refractivity (Wildman–Crippen MR) is 77.5 cm³/mol. The highest BCUT2D eigenvalue weighted by Crippen LogP contribution is 2.39. The first-order valence-corrected chi connectivity index (χ1v) is 7.31. The molecule has 0 radical (unpaired) electrons. The molecule has 0 saturated carbocycles. The summed E-state index contributed by atoms with van der Waals surface area (Å²) < 4.78 is 5.33. The summed E-state index contributed by atoms with van der Waals surface area (Å²) in [6.45, 7) is 7.17. The molecule has 1 N–H and O–H groups in total. The SMILES string of the molecule is COc1cccc(C(C)N2CCC3(CCNC3)C2)c1. The number of nitrogens with zero attached hydrogens (tertiary/aromatic N) is 1. The minimum atomic E-state index is 0.482. The van der Waals surface area contributed by atoms with E-state index in [4.69, 9.17) is 4.74 Å². The summed E-state index contributed by atoms with van der Waals surface area (Å²) in [6, 6.07) is 8.97. The van der Waals surface area contributed by atoms with E-state index in [2.05, 4.69) is 35.3 Å². The van der Waals surface area contributed by atoms with Gasteiger partial charge in [0.2, 0.25) is 0 Å². The summed E-state index contributed by atoms with van der Waals surface area (Å²) in [5.41, 5.74) is 1.91. The maximum atomic E-state index is 5.33. The number of rotatable bonds is 3. The minimum absolute atomic E-state index is 0.482. The van der Waals surface area contributed by atoms with Crippen molar-refractivity contribution in [3.05, 3.63) is 29.8 Å². The molecule has 3 heteroatoms. The van der Waals surface area contributed by atoms with Crippen LogP contribution in [0, 0.1) is 5.41 Å². The Bertz CT molecular complexity index is 440. The second kappa shape index (κ2) is 5.14. The molecule has 1 aromatic carbocycles. The molecule has 104 valence electrons. The van der Waals surface area contributed by atoms with Crippen molar-refractivity contribution in [2.24, 2.45) is 5.41 Å². The van der Waals surface area contributed by atoms with Gasteiger partial charge in [0.15, 0.2) is 0 Å². The zero-order valence-electron chi connectivity index (χ0n) is 12.0. The van der Waals surface area contributed by atoms with Crippen molar-refractivity contribution in [3.63, 3.8) is 0 Å². The molecule has 2 atom stereocenters. The summed E-state index contributed by atoms with van der Waals surface area (Å²) in [5, 5.41) is 3.53. The molecule has 2 fully saturated rings. The summed E-state index contributed by atoms with van der Waals surface area (Å²) in [4.78, 5) is 2.63. The van der Waals surface area contributed by atoms with Crippen LogP contribution in [0.4, 0.5) is 0 Å². The molecular formula is C16H24N2O. The van der Waals surface area contributed by atoms with Gasteiger partial charge >= 0.3 is 0 Å². The number of hydrogen-bond acceptors (Lipinski definition) is 3. The molecule has 2 heterocycles. The van der Waals surface area contributed by atoms with Gasteiger partial charge in [-0.2, -0.15) is 0 Å². The molecule has 0 aliphatic carbocycles. The van der Waals surface area contributed by atoms with Crippen LogP contribution in [-0.4, -0.2) is 38.2 Å². The molecule has 3 rings (SSSR count). The highest BCUT2D eigenvalue weighted by atomic mass is 16.5. The van der Waals surface area contributed by atoms with E-state index in [0.717, 1.165) is 5.75 Å². The molecule has 0 amide bonds. The Morgan fingerprint density at radius 2 is 2.26 bits per heavy atom. The number of benzene rings is 1. The lowest BCUT2D eigenvalue weighted by molar-refractivity contribution is 0.223. The highest BCUT2D eigenvalue weighted by molar-refractivity contribution is 5.30. The number of methoxy groups -OCH3 is 1. The summed E-state index contributed by atoms with van der Waals surface area (Å²) in [6.07, 6.45) is 2.68. The van der Waals surface area contributed by atoms with Gasteiger partial charge in [-0.05, 0) is 56.0 Å². The largest absolute Gasteiger partial charge is 0.497 e. The predicted octanol–water partition coefficient (Wildman–Crippen LogP) is 2.44. The number of likely N-dealkylation sites (tertiary alicyclic amines) is 1. The summed E-state index contributed by atoms with van der Waals surface area (Å²) in [7, 11) is 1.73. The third-order valence-corrected chi connectivity index (χ3v) is 4.92. The maximum absolute atomic E-state index is 5.33. The van der Waals surface area contributed by atoms with E-state index in [1.165, 1.54) is 44.6 Å². The smallest absolute Gasteiger partial charge is 0.119 e. The lowest BCUT2D eigenvalue weighted by Gasteiger charge is -2.28. The molecule has 2 aliphatic rings. The van der Waals surface area contributed by atoms with Crippen LogP contribution in [0.2, 0.25) is 0 Å². The normalized spacial score (nSPS) is 28.9. The molecule has 2 unspecified atom stereocenters. The average molecular weight is 260 g/mol. The van der Waals surface area contributed by atoms with E-state index in [0.29, 0.717) is 11.5 Å². The standard InChI is InChI=1S/C16H24N2O/c1-13(14-4-3-5-15(10-14)19-2)18-9-7-16(12-18)6-8-17-11-16/h3-5,10,13,17H,6-9,11-12H2,1-2H3. The Morgan fingerprint density at radius 3 is 3.00 bits per heavy atom. The van der Waals surface area contributed by atoms with Crippen molar-refractivity contribution in [2.45, 2.75) is 25.8 Å². The summed E-state index contributed by atoms with van der Waals surface area (Å²) in [5.74, 6) is 0.959. The van der Waals surface area contributed by atoms with Gasteiger partial charge in [-0.25, -0.2) is 0 Å². The fourth-order valence-corrected chi connectivity index (χ4v) is 3.56. The zero-order chi connectivity index (χ0) is 13.3. The molecule has 19 heavy (non-hydrogen) atoms. The lowest BCUT2D eigenvalue weighted by Crippen LogP contribution is -2.30. The van der Waals surface area contributed by atoms with Crippen molar-refractivity contribution in [2.75, 3.05) is 33.3 Å². The van der Waals surface area contributed by atoms with Gasteiger partial charge in [-0.3, -0.25) is 4.90 Å². The van der Waals surface area contributed by atoms with Crippen LogP contribution in [0.3, 0.4) is 0 Å². The molecule has 1 spiro atoms. The second-order valence-corrected chi connectivity index (χ2v) is 6.10. The van der Waals surface area contributed by atoms with E-state index >= 15 is 0 Å². The van der Waals surface area contributed by atoms with Crippen LogP contribution in [0.1, 0.15) is 31.4 Å². The Morgan fingerprint density at radius 1 is 1.37 bits per heavy atom. The zero-order valence-corrected chi connectivity index (χ0v) is 12.0. The van der Waals surface area contributed by atoms with E-state index < -0.39 is 0 Å². The Hall–Kier alpha value is -1.06. The van der Waals surface area contributed by atoms with Crippen LogP contribution >= 0.6 is 0 Å². The van der Waals surface area contributed by atoms with Gasteiger partial charge in [-0.15, -0.1) is 0 Å². The van der Waals surface area contributed by atoms with Gasteiger partial charge in [0.05, 0.1) is 7.11 Å². The monoisotopic (exact) mass is 260 g/mol. The number of nitrogens with one attached hydrogen (secondary N) is 1. The first-order chi connectivity index (χ1) is 9.22. The molecule has 1 aromatic rings. The fraction of sp³-hybridized carbons (Fsp3) is 0.625. The van der Waals surface area contributed by atoms with E-state index in [-0.39, 0.29) is 0 Å². The average Bonchev–Trinajstić information content (AvgIpc) is 3.09. The molecule has 0 aromatic heterocycles. The maximum Gasteiger partial charge on any atom is 0.119 e. The Kier molecular flexibility index (Phi) is 3.50. The lowest BCUT2D eigenvalue weighted by atomic mass is 9.86. The van der Waals surface area contributed by atoms with Crippen LogP contribution < -0.4 is 10.1 Å². The van der Waals surface area contributed by atoms with Gasteiger partial charge < -0.3 is 10.1 Å². The molecular weight excluding hydrogens is 236 g/mol. The van der Waals surface area contributed by atoms with Gasteiger partial charge in [0.1, 0.15) is 5.75 Å². The van der Waals surface area contributed by atoms with E-state index in [9.17, 15) is 0 Å². The van der Waals surface area contributed by atoms with Crippen LogP contribution in [0.5, 0.6) is 5.75 Å². The van der Waals surface area contributed by atoms with Gasteiger partial charge in [0.25, 0.3) is 0 Å². The van der Waals surface area contributed by atoms with Crippen LogP contribution in [0.15, 0.2) is 24.3 Å². The first-order valence-electron chi connectivity index (χ1n) is 7.31. The van der Waals surface area contributed by atoms with Crippen molar-refractivity contribution in [3.8, 4) is 5.75 Å². The van der Waals surface area contributed by atoms with Crippen molar-refractivity contribution in [1.29, 1.82) is 0 Å². The van der Waals surface area contributed by atoms with Crippen molar-refractivity contribution >= 4 is 0 Å². The third kappa shape index (κ3) is 2.49.